The molecular formula is C45H56F5N4O18+. The molecule has 0 saturated carbocycles. The summed E-state index contributed by atoms with van der Waals surface area (Å²) in [6.07, 6.45) is -10.2. The first-order valence-corrected chi connectivity index (χ1v) is 22.9. The normalized spacial score (nSPS) is 25.5. The lowest BCUT2D eigenvalue weighted by Gasteiger charge is -2.43. The van der Waals surface area contributed by atoms with Gasteiger partial charge in [-0.25, -0.2) is 18.0 Å². The minimum absolute atomic E-state index is 0.0165. The number of aliphatic hydroxyl groups excluding tert-OH is 3. The van der Waals surface area contributed by atoms with E-state index in [1.165, 1.54) is 6.07 Å². The van der Waals surface area contributed by atoms with Crippen molar-refractivity contribution in [3.05, 3.63) is 52.8 Å². The average molecular weight is 1040 g/mol. The van der Waals surface area contributed by atoms with Gasteiger partial charge in [-0.05, 0) is 31.0 Å². The number of fused-ring (bicyclic) bond motifs is 2. The fourth-order valence-electron chi connectivity index (χ4n) is 8.75. The number of carbonyl (C=O) groups is 6. The van der Waals surface area contributed by atoms with Crippen LogP contribution in [0.3, 0.4) is 0 Å². The summed E-state index contributed by atoms with van der Waals surface area (Å²) in [4.78, 5) is 76.5. The standard InChI is InChI=1S/C45H55F5N4O18/c1-54(12-10-53(11-13-54)42(61)30-25-4-5-26(69-25)31(30)43(62)63)21-22-2-3-24(70-45-39(60)37(58)38(59)41(72-45)44(64)65)23(20-22)52-28(56)6-9-51-27(55)7-14-66-16-18-68-19-17-67-15-8-29(57)71-40-35(49)33(47)32(46)34(48)36(40)50/h2-3,20,25-26,30-31,37-39,41,45,58-60H,4-19,21H2,1H3,(H3-,51,52,55,56,62,63,64,65)/p+1/t25?,26?,30?,31?,37-,38-,39+,41-,45+/m0/s1. The molecular weight excluding hydrogens is 979 g/mol. The SMILES string of the molecule is C[N+]1(Cc2ccc(O[C@@H]3O[C@H](C(=O)O)[C@@H](O)[C@H](O)[C@H]3O)c(NC(=O)CCNC(=O)CCOCCOCCOCCC(=O)Oc3c(F)c(F)c(F)c(F)c3F)c2)CCN(C(=O)C2C3CCC(O3)C2C(=O)O)CC1. The summed E-state index contributed by atoms with van der Waals surface area (Å²) in [6.45, 7) is 1.74. The fourth-order valence-corrected chi connectivity index (χ4v) is 8.75. The maximum Gasteiger partial charge on any atom is 0.335 e. The molecule has 72 heavy (non-hydrogen) atoms. The van der Waals surface area contributed by atoms with Crippen LogP contribution < -0.4 is 20.1 Å². The molecule has 4 aliphatic heterocycles. The van der Waals surface area contributed by atoms with Gasteiger partial charge >= 0.3 is 17.9 Å². The molecule has 0 aliphatic carbocycles. The number of carboxylic acids is 2. The van der Waals surface area contributed by atoms with Gasteiger partial charge in [-0.3, -0.25) is 24.0 Å². The van der Waals surface area contributed by atoms with Gasteiger partial charge in [0, 0.05) is 24.9 Å². The number of hydrogen-bond donors (Lipinski definition) is 7. The highest BCUT2D eigenvalue weighted by molar-refractivity contribution is 5.93. The quantitative estimate of drug-likeness (QED) is 0.0141. The molecule has 27 heteroatoms. The molecule has 7 N–H and O–H groups in total. The Kier molecular flexibility index (Phi) is 19.2. The van der Waals surface area contributed by atoms with Gasteiger partial charge in [0.1, 0.15) is 30.6 Å². The molecule has 3 amide bonds. The van der Waals surface area contributed by atoms with E-state index < -0.39 is 126 Å². The number of carboxylic acid groups (broad SMARTS) is 2. The third-order valence-electron chi connectivity index (χ3n) is 12.6. The third-order valence-corrected chi connectivity index (χ3v) is 12.6. The van der Waals surface area contributed by atoms with Crippen molar-refractivity contribution in [1.82, 2.24) is 10.2 Å². The average Bonchev–Trinajstić information content (AvgIpc) is 3.97. The van der Waals surface area contributed by atoms with Gasteiger partial charge in [-0.15, -0.1) is 0 Å². The summed E-state index contributed by atoms with van der Waals surface area (Å²) in [5.74, 6) is -20.3. The Morgan fingerprint density at radius 1 is 0.708 bits per heavy atom. The lowest BCUT2D eigenvalue weighted by Crippen LogP contribution is -2.61. The Balaban J connectivity index is 0.921. The molecule has 0 radical (unpaired) electrons. The Hall–Kier alpha value is -5.65. The predicted molar refractivity (Wildman–Crippen MR) is 230 cm³/mol. The number of halogens is 5. The summed E-state index contributed by atoms with van der Waals surface area (Å²) in [5, 5.41) is 55.8. The summed E-state index contributed by atoms with van der Waals surface area (Å²) >= 11 is 0. The number of aliphatic carboxylic acids is 2. The van der Waals surface area contributed by atoms with Crippen LogP contribution in [0.15, 0.2) is 18.2 Å². The number of esters is 1. The topological polar surface area (TPSA) is 295 Å². The van der Waals surface area contributed by atoms with E-state index in [9.17, 15) is 76.3 Å². The Bertz CT molecular complexity index is 2280. The van der Waals surface area contributed by atoms with E-state index in [1.54, 1.807) is 17.0 Å². The molecule has 0 spiro atoms. The second kappa shape index (κ2) is 24.9. The first kappa shape index (κ1) is 55.7. The number of nitrogens with one attached hydrogen (secondary N) is 2. The highest BCUT2D eigenvalue weighted by atomic mass is 19.2. The molecule has 4 saturated heterocycles. The van der Waals surface area contributed by atoms with Crippen LogP contribution in [0.2, 0.25) is 0 Å². The number of aliphatic hydroxyl groups is 3. The lowest BCUT2D eigenvalue weighted by molar-refractivity contribution is -0.926. The molecule has 2 aromatic carbocycles. The van der Waals surface area contributed by atoms with Gasteiger partial charge in [0.05, 0.1) is 109 Å². The van der Waals surface area contributed by atoms with Crippen molar-refractivity contribution in [2.45, 2.75) is 81.6 Å². The third kappa shape index (κ3) is 13.7. The monoisotopic (exact) mass is 1040 g/mol. The summed E-state index contributed by atoms with van der Waals surface area (Å²) in [5.41, 5.74) is 0.741. The number of hydrogen-bond acceptors (Lipinski definition) is 16. The molecule has 0 aromatic heterocycles. The van der Waals surface area contributed by atoms with E-state index in [0.29, 0.717) is 55.6 Å². The van der Waals surface area contributed by atoms with Gasteiger partial charge in [0.15, 0.2) is 6.10 Å². The number of quaternary nitrogens is 1. The maximum absolute atomic E-state index is 13.7. The van der Waals surface area contributed by atoms with Crippen molar-refractivity contribution in [3.63, 3.8) is 0 Å². The molecule has 2 bridgehead atoms. The van der Waals surface area contributed by atoms with Crippen molar-refractivity contribution in [2.24, 2.45) is 11.8 Å². The van der Waals surface area contributed by atoms with E-state index in [2.05, 4.69) is 15.4 Å². The number of rotatable bonds is 24. The fraction of sp³-hybridized carbons (Fsp3) is 0.600. The zero-order valence-electron chi connectivity index (χ0n) is 38.8. The molecule has 2 aromatic rings. The van der Waals surface area contributed by atoms with Gasteiger partial charge in [-0.2, -0.15) is 8.78 Å². The second-order valence-corrected chi connectivity index (χ2v) is 17.8. The van der Waals surface area contributed by atoms with Gasteiger partial charge in [0.2, 0.25) is 58.8 Å². The minimum Gasteiger partial charge on any atom is -0.481 e. The van der Waals surface area contributed by atoms with Gasteiger partial charge < -0.3 is 78.7 Å². The molecule has 6 rings (SSSR count). The lowest BCUT2D eigenvalue weighted by atomic mass is 9.78. The molecule has 4 heterocycles. The van der Waals surface area contributed by atoms with Gasteiger partial charge in [-0.1, -0.05) is 0 Å². The van der Waals surface area contributed by atoms with Crippen LogP contribution in [-0.2, 0) is 59.0 Å². The van der Waals surface area contributed by atoms with Crippen LogP contribution in [0.5, 0.6) is 11.5 Å². The Morgan fingerprint density at radius 2 is 1.29 bits per heavy atom. The smallest absolute Gasteiger partial charge is 0.335 e. The molecule has 4 fully saturated rings. The first-order valence-electron chi connectivity index (χ1n) is 22.9. The van der Waals surface area contributed by atoms with E-state index in [4.69, 9.17) is 28.4 Å². The zero-order valence-corrected chi connectivity index (χ0v) is 38.8. The van der Waals surface area contributed by atoms with E-state index in [0.717, 1.165) is 0 Å². The van der Waals surface area contributed by atoms with Crippen molar-refractivity contribution in [3.8, 4) is 11.5 Å². The maximum atomic E-state index is 13.7. The van der Waals surface area contributed by atoms with Crippen LogP contribution in [-0.4, -0.2) is 193 Å². The summed E-state index contributed by atoms with van der Waals surface area (Å²) in [6, 6.07) is 4.68. The van der Waals surface area contributed by atoms with Crippen molar-refractivity contribution in [2.75, 3.05) is 84.7 Å². The number of anilines is 1. The van der Waals surface area contributed by atoms with E-state index in [1.807, 2.05) is 7.05 Å². The van der Waals surface area contributed by atoms with E-state index >= 15 is 0 Å². The Labute approximate surface area is 407 Å². The van der Waals surface area contributed by atoms with Crippen LogP contribution in [0, 0.1) is 40.9 Å². The molecule has 22 nitrogen and oxygen atoms in total. The van der Waals surface area contributed by atoms with E-state index in [-0.39, 0.29) is 76.4 Å². The molecule has 4 aliphatic rings. The van der Waals surface area contributed by atoms with Crippen LogP contribution in [0.25, 0.3) is 0 Å². The first-order chi connectivity index (χ1) is 34.2. The van der Waals surface area contributed by atoms with Crippen LogP contribution in [0.4, 0.5) is 27.6 Å². The number of amides is 3. The summed E-state index contributed by atoms with van der Waals surface area (Å²) < 4.78 is 104. The number of nitrogens with zero attached hydrogens (tertiary/aromatic N) is 2. The zero-order chi connectivity index (χ0) is 52.4. The van der Waals surface area contributed by atoms with Crippen LogP contribution in [0.1, 0.15) is 37.7 Å². The highest BCUT2D eigenvalue weighted by Gasteiger charge is 2.57. The Morgan fingerprint density at radius 3 is 1.90 bits per heavy atom. The number of benzene rings is 2. The minimum atomic E-state index is -2.40. The molecule has 4 unspecified atom stereocenters. The van der Waals surface area contributed by atoms with Crippen molar-refractivity contribution < 1.29 is 114 Å². The number of piperazine rings is 1. The second-order valence-electron chi connectivity index (χ2n) is 17.8. The number of likely N-dealkylation sites (N-methyl/N-ethyl adjacent to an activating group) is 1. The van der Waals surface area contributed by atoms with Gasteiger partial charge in [0.25, 0.3) is 0 Å². The predicted octanol–water partition coefficient (Wildman–Crippen LogP) is 0.201. The largest absolute Gasteiger partial charge is 0.481 e. The highest BCUT2D eigenvalue weighted by Crippen LogP contribution is 2.45. The van der Waals surface area contributed by atoms with Crippen LogP contribution >= 0.6 is 0 Å². The number of carbonyl (C=O) groups excluding carboxylic acids is 4. The van der Waals surface area contributed by atoms with Crippen molar-refractivity contribution >= 4 is 41.3 Å². The molecule has 9 atom stereocenters. The molecule has 398 valence electrons. The number of ether oxygens (including phenoxy) is 7. The van der Waals surface area contributed by atoms with Crippen molar-refractivity contribution in [1.29, 1.82) is 0 Å². The summed E-state index contributed by atoms with van der Waals surface area (Å²) in [7, 11) is 1.97.